The topological polar surface area (TPSA) is 71.1 Å². The molecule has 1 aromatic heterocycles. The molecule has 0 fully saturated rings. The van der Waals surface area contributed by atoms with Crippen LogP contribution in [0.1, 0.15) is 26.4 Å². The Labute approximate surface area is 145 Å². The zero-order chi connectivity index (χ0) is 17.6. The maximum Gasteiger partial charge on any atom is 0.274 e. The molecule has 3 rings (SSSR count). The summed E-state index contributed by atoms with van der Waals surface area (Å²) < 4.78 is 0. The van der Waals surface area contributed by atoms with Gasteiger partial charge < -0.3 is 10.6 Å². The second kappa shape index (κ2) is 7.40. The maximum absolute atomic E-state index is 12.6. The number of hydrogen-bond acceptors (Lipinski definition) is 3. The molecular formula is C20H17N3O2. The van der Waals surface area contributed by atoms with Crippen molar-refractivity contribution in [3.63, 3.8) is 0 Å². The molecule has 3 aromatic rings. The van der Waals surface area contributed by atoms with Gasteiger partial charge in [-0.05, 0) is 42.8 Å². The third kappa shape index (κ3) is 3.90. The third-order valence-electron chi connectivity index (χ3n) is 3.71. The summed E-state index contributed by atoms with van der Waals surface area (Å²) in [6.45, 7) is 1.92. The molecule has 25 heavy (non-hydrogen) atoms. The van der Waals surface area contributed by atoms with E-state index < -0.39 is 0 Å². The van der Waals surface area contributed by atoms with Crippen molar-refractivity contribution in [3.05, 3.63) is 89.7 Å². The van der Waals surface area contributed by atoms with E-state index in [-0.39, 0.29) is 17.5 Å². The van der Waals surface area contributed by atoms with Gasteiger partial charge in [-0.3, -0.25) is 14.6 Å². The number of nitrogens with zero attached hydrogens (tertiary/aromatic N) is 1. The number of hydrogen-bond donors (Lipinski definition) is 2. The first-order valence-corrected chi connectivity index (χ1v) is 7.83. The van der Waals surface area contributed by atoms with Crippen molar-refractivity contribution in [2.75, 3.05) is 10.6 Å². The van der Waals surface area contributed by atoms with Crippen LogP contribution < -0.4 is 10.6 Å². The quantitative estimate of drug-likeness (QED) is 0.762. The van der Waals surface area contributed by atoms with E-state index in [9.17, 15) is 9.59 Å². The molecule has 0 aliphatic carbocycles. The van der Waals surface area contributed by atoms with Crippen LogP contribution >= 0.6 is 0 Å². The lowest BCUT2D eigenvalue weighted by Gasteiger charge is -2.12. The van der Waals surface area contributed by atoms with Crippen molar-refractivity contribution in [1.29, 1.82) is 0 Å². The normalized spacial score (nSPS) is 10.1. The molecule has 2 aromatic carbocycles. The van der Waals surface area contributed by atoms with Crippen molar-refractivity contribution in [2.45, 2.75) is 6.92 Å². The van der Waals surface area contributed by atoms with Crippen molar-refractivity contribution in [1.82, 2.24) is 4.98 Å². The summed E-state index contributed by atoms with van der Waals surface area (Å²) in [4.78, 5) is 28.9. The second-order valence-electron chi connectivity index (χ2n) is 5.48. The number of carbonyl (C=O) groups excluding carboxylic acids is 2. The van der Waals surface area contributed by atoms with Crippen molar-refractivity contribution < 1.29 is 9.59 Å². The highest BCUT2D eigenvalue weighted by Crippen LogP contribution is 2.20. The van der Waals surface area contributed by atoms with Gasteiger partial charge in [0.25, 0.3) is 11.8 Å². The van der Waals surface area contributed by atoms with Crippen molar-refractivity contribution >= 4 is 23.2 Å². The van der Waals surface area contributed by atoms with Gasteiger partial charge in [-0.2, -0.15) is 0 Å². The number of benzene rings is 2. The molecule has 2 amide bonds. The Morgan fingerprint density at radius 2 is 1.40 bits per heavy atom. The highest BCUT2D eigenvalue weighted by Gasteiger charge is 2.15. The number of aromatic nitrogens is 1. The maximum atomic E-state index is 12.6. The van der Waals surface area contributed by atoms with Gasteiger partial charge in [-0.15, -0.1) is 0 Å². The molecule has 0 spiro atoms. The summed E-state index contributed by atoms with van der Waals surface area (Å²) in [5.74, 6) is -0.650. The number of anilines is 2. The molecule has 0 aliphatic rings. The summed E-state index contributed by atoms with van der Waals surface area (Å²) in [6, 6.07) is 19.5. The van der Waals surface area contributed by atoms with Crippen LogP contribution in [0.25, 0.3) is 0 Å². The molecule has 2 N–H and O–H groups in total. The van der Waals surface area contributed by atoms with E-state index in [2.05, 4.69) is 15.6 Å². The first-order chi connectivity index (χ1) is 12.1. The van der Waals surface area contributed by atoms with Crippen LogP contribution in [0.2, 0.25) is 0 Å². The zero-order valence-electron chi connectivity index (χ0n) is 13.7. The second-order valence-corrected chi connectivity index (χ2v) is 5.48. The molecule has 5 heteroatoms. The minimum atomic E-state index is -0.364. The van der Waals surface area contributed by atoms with Gasteiger partial charge in [0.15, 0.2) is 0 Å². The summed E-state index contributed by atoms with van der Waals surface area (Å²) >= 11 is 0. The Bertz CT molecular complexity index is 908. The summed E-state index contributed by atoms with van der Waals surface area (Å²) in [5, 5.41) is 5.62. The molecule has 5 nitrogen and oxygen atoms in total. The van der Waals surface area contributed by atoms with Crippen LogP contribution in [0.5, 0.6) is 0 Å². The van der Waals surface area contributed by atoms with Crippen LogP contribution in [-0.4, -0.2) is 16.8 Å². The number of pyridine rings is 1. The highest BCUT2D eigenvalue weighted by molar-refractivity contribution is 6.12. The molecule has 0 atom stereocenters. The van der Waals surface area contributed by atoms with E-state index >= 15 is 0 Å². The van der Waals surface area contributed by atoms with Gasteiger partial charge >= 0.3 is 0 Å². The standard InChI is InChI=1S/C20H17N3O2/c1-14-8-2-4-10-16(14)22-19(24)15-9-3-5-11-17(15)23-20(25)18-12-6-7-13-21-18/h2-13H,1H3,(H,22,24)(H,23,25). The molecule has 0 saturated heterocycles. The van der Waals surface area contributed by atoms with Crippen LogP contribution in [-0.2, 0) is 0 Å². The van der Waals surface area contributed by atoms with Crippen LogP contribution in [0.15, 0.2) is 72.9 Å². The van der Waals surface area contributed by atoms with Crippen molar-refractivity contribution in [3.8, 4) is 0 Å². The average Bonchev–Trinajstić information content (AvgIpc) is 2.64. The van der Waals surface area contributed by atoms with Crippen molar-refractivity contribution in [2.24, 2.45) is 0 Å². The Morgan fingerprint density at radius 3 is 2.12 bits per heavy atom. The zero-order valence-corrected chi connectivity index (χ0v) is 13.7. The fourth-order valence-corrected chi connectivity index (χ4v) is 2.38. The molecule has 0 saturated carbocycles. The summed E-state index contributed by atoms with van der Waals surface area (Å²) in [7, 11) is 0. The Kier molecular flexibility index (Phi) is 4.85. The lowest BCUT2D eigenvalue weighted by Crippen LogP contribution is -2.19. The molecule has 124 valence electrons. The Balaban J connectivity index is 1.82. The molecule has 0 radical (unpaired) electrons. The third-order valence-corrected chi connectivity index (χ3v) is 3.71. The molecule has 0 unspecified atom stereocenters. The van der Waals surface area contributed by atoms with Gasteiger partial charge in [0, 0.05) is 11.9 Å². The van der Waals surface area contributed by atoms with Gasteiger partial charge in [0.1, 0.15) is 5.69 Å². The van der Waals surface area contributed by atoms with Gasteiger partial charge in [-0.1, -0.05) is 36.4 Å². The van der Waals surface area contributed by atoms with Crippen LogP contribution in [0, 0.1) is 6.92 Å². The number of rotatable bonds is 4. The lowest BCUT2D eigenvalue weighted by atomic mass is 10.1. The van der Waals surface area contributed by atoms with E-state index in [4.69, 9.17) is 0 Å². The van der Waals surface area contributed by atoms with Gasteiger partial charge in [0.05, 0.1) is 11.3 Å². The minimum absolute atomic E-state index is 0.286. The largest absolute Gasteiger partial charge is 0.322 e. The van der Waals surface area contributed by atoms with E-state index in [1.165, 1.54) is 0 Å². The van der Waals surface area contributed by atoms with E-state index in [0.29, 0.717) is 11.3 Å². The van der Waals surface area contributed by atoms with Gasteiger partial charge in [-0.25, -0.2) is 0 Å². The lowest BCUT2D eigenvalue weighted by molar-refractivity contribution is 0.102. The average molecular weight is 331 g/mol. The Hall–Kier alpha value is -3.47. The van der Waals surface area contributed by atoms with E-state index in [0.717, 1.165) is 11.3 Å². The molecule has 0 aliphatic heterocycles. The highest BCUT2D eigenvalue weighted by atomic mass is 16.2. The molecule has 0 bridgehead atoms. The van der Waals surface area contributed by atoms with Crippen LogP contribution in [0.3, 0.4) is 0 Å². The Morgan fingerprint density at radius 1 is 0.760 bits per heavy atom. The SMILES string of the molecule is Cc1ccccc1NC(=O)c1ccccc1NC(=O)c1ccccn1. The van der Waals surface area contributed by atoms with Crippen LogP contribution in [0.4, 0.5) is 11.4 Å². The van der Waals surface area contributed by atoms with Gasteiger partial charge in [0.2, 0.25) is 0 Å². The van der Waals surface area contributed by atoms with E-state index in [1.54, 1.807) is 48.7 Å². The predicted octanol–water partition coefficient (Wildman–Crippen LogP) is 3.89. The number of nitrogens with one attached hydrogen (secondary N) is 2. The first-order valence-electron chi connectivity index (χ1n) is 7.83. The summed E-state index contributed by atoms with van der Waals surface area (Å²) in [6.07, 6.45) is 1.55. The monoisotopic (exact) mass is 331 g/mol. The molecular weight excluding hydrogens is 314 g/mol. The number of carbonyl (C=O) groups is 2. The number of amides is 2. The number of aryl methyl sites for hydroxylation is 1. The first kappa shape index (κ1) is 16.4. The fraction of sp³-hybridized carbons (Fsp3) is 0.0500. The molecule has 1 heterocycles. The smallest absolute Gasteiger partial charge is 0.274 e. The van der Waals surface area contributed by atoms with E-state index in [1.807, 2.05) is 31.2 Å². The summed E-state index contributed by atoms with van der Waals surface area (Å²) in [5.41, 5.74) is 2.81. The number of para-hydroxylation sites is 2. The minimum Gasteiger partial charge on any atom is -0.322 e. The predicted molar refractivity (Wildman–Crippen MR) is 97.8 cm³/mol. The fourth-order valence-electron chi connectivity index (χ4n) is 2.38.